The molecule has 66 valence electrons. The minimum atomic E-state index is -0.546. The van der Waals surface area contributed by atoms with E-state index in [0.29, 0.717) is 12.8 Å². The van der Waals surface area contributed by atoms with Gasteiger partial charge in [0.15, 0.2) is 0 Å². The van der Waals surface area contributed by atoms with Crippen LogP contribution in [0.4, 0.5) is 0 Å². The van der Waals surface area contributed by atoms with E-state index in [2.05, 4.69) is 10.6 Å². The summed E-state index contributed by atoms with van der Waals surface area (Å²) < 4.78 is 0. The number of hydrogen-bond acceptors (Lipinski definition) is 2. The molecule has 1 unspecified atom stereocenters. The summed E-state index contributed by atoms with van der Waals surface area (Å²) in [4.78, 5) is 22.4. The van der Waals surface area contributed by atoms with Crippen LogP contribution in [0.2, 0.25) is 0 Å². The number of rotatable bonds is 0. The molecule has 0 aliphatic carbocycles. The first-order valence-electron chi connectivity index (χ1n) is 4.32. The lowest BCUT2D eigenvalue weighted by molar-refractivity contribution is -0.131. The van der Waals surface area contributed by atoms with Gasteiger partial charge in [0.2, 0.25) is 11.8 Å². The molecule has 2 amide bonds. The van der Waals surface area contributed by atoms with Gasteiger partial charge in [0, 0.05) is 13.0 Å². The molecule has 2 aliphatic heterocycles. The van der Waals surface area contributed by atoms with Crippen LogP contribution in [0.5, 0.6) is 0 Å². The molecule has 2 heterocycles. The zero-order valence-electron chi connectivity index (χ0n) is 6.85. The van der Waals surface area contributed by atoms with Crippen molar-refractivity contribution in [3.63, 3.8) is 0 Å². The van der Waals surface area contributed by atoms with Gasteiger partial charge in [-0.2, -0.15) is 0 Å². The summed E-state index contributed by atoms with van der Waals surface area (Å²) in [6, 6.07) is 0. The fourth-order valence-corrected chi connectivity index (χ4v) is 1.95. The van der Waals surface area contributed by atoms with Crippen LogP contribution in [0.15, 0.2) is 0 Å². The number of piperidine rings is 1. The van der Waals surface area contributed by atoms with Gasteiger partial charge in [0.25, 0.3) is 0 Å². The summed E-state index contributed by atoms with van der Waals surface area (Å²) in [7, 11) is 0. The minimum Gasteiger partial charge on any atom is -0.354 e. The molecule has 0 bridgehead atoms. The van der Waals surface area contributed by atoms with Gasteiger partial charge in [-0.05, 0) is 19.3 Å². The molecule has 0 aromatic rings. The Labute approximate surface area is 70.7 Å². The van der Waals surface area contributed by atoms with Crippen LogP contribution in [0.25, 0.3) is 0 Å². The number of hydrogen-bond donors (Lipinski definition) is 2. The Kier molecular flexibility index (Phi) is 1.56. The zero-order chi connectivity index (χ0) is 8.60. The Bertz CT molecular complexity index is 239. The summed E-state index contributed by atoms with van der Waals surface area (Å²) in [5.41, 5.74) is -0.546. The van der Waals surface area contributed by atoms with Crippen LogP contribution in [0.1, 0.15) is 25.7 Å². The molecule has 4 nitrogen and oxygen atoms in total. The fraction of sp³-hybridized carbons (Fsp3) is 0.750. The Morgan fingerprint density at radius 3 is 2.67 bits per heavy atom. The molecule has 2 aliphatic rings. The van der Waals surface area contributed by atoms with E-state index >= 15 is 0 Å². The summed E-state index contributed by atoms with van der Waals surface area (Å²) in [6.07, 6.45) is 2.92. The Balaban J connectivity index is 2.18. The third-order valence-corrected chi connectivity index (χ3v) is 2.66. The lowest BCUT2D eigenvalue weighted by Crippen LogP contribution is -2.57. The molecule has 0 saturated carbocycles. The quantitative estimate of drug-likeness (QED) is 0.514. The lowest BCUT2D eigenvalue weighted by atomic mass is 9.88. The van der Waals surface area contributed by atoms with E-state index in [9.17, 15) is 9.59 Å². The number of carbonyl (C=O) groups is 2. The first-order valence-corrected chi connectivity index (χ1v) is 4.32. The monoisotopic (exact) mass is 168 g/mol. The van der Waals surface area contributed by atoms with Gasteiger partial charge in [-0.1, -0.05) is 0 Å². The van der Waals surface area contributed by atoms with Crippen molar-refractivity contribution in [3.05, 3.63) is 0 Å². The van der Waals surface area contributed by atoms with Crippen molar-refractivity contribution in [2.75, 3.05) is 6.54 Å². The molecule has 12 heavy (non-hydrogen) atoms. The second-order valence-electron chi connectivity index (χ2n) is 3.49. The van der Waals surface area contributed by atoms with E-state index in [1.165, 1.54) is 0 Å². The highest BCUT2D eigenvalue weighted by Crippen LogP contribution is 2.27. The minimum absolute atomic E-state index is 0.000370. The normalized spacial score (nSPS) is 35.0. The fourth-order valence-electron chi connectivity index (χ4n) is 1.95. The van der Waals surface area contributed by atoms with Crippen molar-refractivity contribution in [2.45, 2.75) is 31.2 Å². The molecular weight excluding hydrogens is 156 g/mol. The molecular formula is C8H12N2O2. The van der Waals surface area contributed by atoms with Crippen molar-refractivity contribution in [1.29, 1.82) is 0 Å². The van der Waals surface area contributed by atoms with Gasteiger partial charge in [-0.3, -0.25) is 9.59 Å². The van der Waals surface area contributed by atoms with Crippen LogP contribution in [-0.4, -0.2) is 23.9 Å². The van der Waals surface area contributed by atoms with Crippen LogP contribution in [-0.2, 0) is 9.59 Å². The van der Waals surface area contributed by atoms with Crippen molar-refractivity contribution in [3.8, 4) is 0 Å². The smallest absolute Gasteiger partial charge is 0.245 e. The molecule has 2 saturated heterocycles. The van der Waals surface area contributed by atoms with Gasteiger partial charge >= 0.3 is 0 Å². The average molecular weight is 168 g/mol. The second-order valence-corrected chi connectivity index (χ2v) is 3.49. The molecule has 0 radical (unpaired) electrons. The Morgan fingerprint density at radius 1 is 1.25 bits per heavy atom. The van der Waals surface area contributed by atoms with Crippen molar-refractivity contribution in [1.82, 2.24) is 10.6 Å². The number of carbonyl (C=O) groups excluding carboxylic acids is 2. The first-order chi connectivity index (χ1) is 5.73. The average Bonchev–Trinajstić information content (AvgIpc) is 2.41. The number of nitrogens with one attached hydrogen (secondary N) is 2. The highest BCUT2D eigenvalue weighted by Gasteiger charge is 2.45. The first kappa shape index (κ1) is 7.58. The SMILES string of the molecule is O=C1CCC2(CCCNC2=O)N1. The largest absolute Gasteiger partial charge is 0.354 e. The van der Waals surface area contributed by atoms with Crippen LogP contribution < -0.4 is 10.6 Å². The maximum atomic E-state index is 11.4. The van der Waals surface area contributed by atoms with E-state index in [1.807, 2.05) is 0 Å². The van der Waals surface area contributed by atoms with Gasteiger partial charge < -0.3 is 10.6 Å². The highest BCUT2D eigenvalue weighted by atomic mass is 16.2. The molecule has 2 rings (SSSR count). The van der Waals surface area contributed by atoms with Crippen LogP contribution in [0, 0.1) is 0 Å². The molecule has 1 atom stereocenters. The van der Waals surface area contributed by atoms with Gasteiger partial charge in [-0.15, -0.1) is 0 Å². The van der Waals surface area contributed by atoms with Crippen molar-refractivity contribution in [2.24, 2.45) is 0 Å². The maximum absolute atomic E-state index is 11.4. The van der Waals surface area contributed by atoms with Gasteiger partial charge in [0.1, 0.15) is 5.54 Å². The summed E-state index contributed by atoms with van der Waals surface area (Å²) in [5.74, 6) is 0.00616. The zero-order valence-corrected chi connectivity index (χ0v) is 6.85. The third kappa shape index (κ3) is 0.983. The van der Waals surface area contributed by atoms with Crippen LogP contribution in [0.3, 0.4) is 0 Å². The molecule has 0 aromatic heterocycles. The highest BCUT2D eigenvalue weighted by molar-refractivity contribution is 5.95. The molecule has 0 aromatic carbocycles. The van der Waals surface area contributed by atoms with Gasteiger partial charge in [-0.25, -0.2) is 0 Å². The lowest BCUT2D eigenvalue weighted by Gasteiger charge is -2.31. The van der Waals surface area contributed by atoms with E-state index in [1.54, 1.807) is 0 Å². The standard InChI is InChI=1S/C8H12N2O2/c11-6-2-4-8(10-6)3-1-5-9-7(8)12/h1-5H2,(H,9,12)(H,10,11). The molecule has 4 heteroatoms. The van der Waals surface area contributed by atoms with Crippen molar-refractivity contribution < 1.29 is 9.59 Å². The second kappa shape index (κ2) is 2.47. The topological polar surface area (TPSA) is 58.2 Å². The molecule has 2 fully saturated rings. The van der Waals surface area contributed by atoms with Crippen LogP contribution >= 0.6 is 0 Å². The summed E-state index contributed by atoms with van der Waals surface area (Å²) in [5, 5.41) is 5.55. The van der Waals surface area contributed by atoms with Crippen molar-refractivity contribution >= 4 is 11.8 Å². The third-order valence-electron chi connectivity index (χ3n) is 2.66. The number of amides is 2. The van der Waals surface area contributed by atoms with E-state index in [0.717, 1.165) is 19.4 Å². The van der Waals surface area contributed by atoms with E-state index < -0.39 is 5.54 Å². The molecule has 1 spiro atoms. The predicted octanol–water partition coefficient (Wildman–Crippen LogP) is -0.455. The summed E-state index contributed by atoms with van der Waals surface area (Å²) in [6.45, 7) is 0.746. The maximum Gasteiger partial charge on any atom is 0.245 e. The predicted molar refractivity (Wildman–Crippen MR) is 42.4 cm³/mol. The molecule has 2 N–H and O–H groups in total. The Morgan fingerprint density at radius 2 is 2.08 bits per heavy atom. The summed E-state index contributed by atoms with van der Waals surface area (Å²) >= 11 is 0. The Hall–Kier alpha value is -1.06. The van der Waals surface area contributed by atoms with E-state index in [4.69, 9.17) is 0 Å². The van der Waals surface area contributed by atoms with Gasteiger partial charge in [0.05, 0.1) is 0 Å². The van der Waals surface area contributed by atoms with E-state index in [-0.39, 0.29) is 11.8 Å².